The van der Waals surface area contributed by atoms with Gasteiger partial charge in [-0.05, 0) is 28.3 Å². The Bertz CT molecular complexity index is 375. The minimum atomic E-state index is -3.20. The molecule has 6 heteroatoms. The lowest BCUT2D eigenvalue weighted by Crippen LogP contribution is -2.29. The lowest BCUT2D eigenvalue weighted by Gasteiger charge is -2.09. The first kappa shape index (κ1) is 13.0. The van der Waals surface area contributed by atoms with Gasteiger partial charge in [-0.25, -0.2) is 13.1 Å². The molecule has 0 aliphatic rings. The number of sulfonamides is 1. The van der Waals surface area contributed by atoms with Crippen molar-refractivity contribution in [3.05, 3.63) is 22.4 Å². The lowest BCUT2D eigenvalue weighted by molar-refractivity contribution is 0.568. The van der Waals surface area contributed by atoms with Crippen LogP contribution in [0.25, 0.3) is 0 Å². The third-order valence-electron chi connectivity index (χ3n) is 1.84. The van der Waals surface area contributed by atoms with Gasteiger partial charge in [-0.3, -0.25) is 0 Å². The third-order valence-corrected chi connectivity index (χ3v) is 4.69. The van der Waals surface area contributed by atoms with Crippen LogP contribution in [-0.4, -0.2) is 20.1 Å². The highest BCUT2D eigenvalue weighted by atomic mass is 35.5. The maximum absolute atomic E-state index is 11.5. The molecule has 1 rings (SSSR count). The van der Waals surface area contributed by atoms with E-state index in [9.17, 15) is 8.42 Å². The van der Waals surface area contributed by atoms with E-state index < -0.39 is 10.0 Å². The molecule has 0 aliphatic heterocycles. The van der Waals surface area contributed by atoms with Gasteiger partial charge in [0.15, 0.2) is 0 Å². The number of halogens is 1. The summed E-state index contributed by atoms with van der Waals surface area (Å²) >= 11 is 7.12. The van der Waals surface area contributed by atoms with Crippen LogP contribution in [0.3, 0.4) is 0 Å². The summed E-state index contributed by atoms with van der Waals surface area (Å²) in [7, 11) is -3.20. The van der Waals surface area contributed by atoms with E-state index in [1.54, 1.807) is 11.3 Å². The number of hydrogen-bond donors (Lipinski definition) is 1. The van der Waals surface area contributed by atoms with E-state index in [-0.39, 0.29) is 11.7 Å². The van der Waals surface area contributed by atoms with Crippen molar-refractivity contribution < 1.29 is 8.42 Å². The van der Waals surface area contributed by atoms with Gasteiger partial charge in [0.2, 0.25) is 10.0 Å². The summed E-state index contributed by atoms with van der Waals surface area (Å²) < 4.78 is 25.6. The molecule has 0 bridgehead atoms. The van der Waals surface area contributed by atoms with Gasteiger partial charge in [0, 0.05) is 12.4 Å². The number of hydrogen-bond acceptors (Lipinski definition) is 3. The van der Waals surface area contributed by atoms with Crippen molar-refractivity contribution >= 4 is 33.0 Å². The molecular weight excluding hydrogens is 254 g/mol. The Morgan fingerprint density at radius 3 is 2.87 bits per heavy atom. The molecule has 0 fully saturated rings. The van der Waals surface area contributed by atoms with Crippen LogP contribution in [0.2, 0.25) is 0 Å². The SMILES string of the molecule is CC(CCl)CS(=O)(=O)NCc1ccsc1. The standard InChI is InChI=1S/C9H14ClNO2S2/c1-8(4-10)7-15(12,13)11-5-9-2-3-14-6-9/h2-3,6,8,11H,4-5,7H2,1H3. The molecule has 15 heavy (non-hydrogen) atoms. The maximum Gasteiger partial charge on any atom is 0.212 e. The summed E-state index contributed by atoms with van der Waals surface area (Å²) in [5.41, 5.74) is 0.988. The fourth-order valence-corrected chi connectivity index (χ4v) is 3.34. The van der Waals surface area contributed by atoms with Crippen molar-refractivity contribution in [2.75, 3.05) is 11.6 Å². The summed E-state index contributed by atoms with van der Waals surface area (Å²) in [6.07, 6.45) is 0. The van der Waals surface area contributed by atoms with E-state index in [1.165, 1.54) is 0 Å². The molecule has 0 aliphatic carbocycles. The average molecular weight is 268 g/mol. The molecular formula is C9H14ClNO2S2. The van der Waals surface area contributed by atoms with E-state index in [2.05, 4.69) is 4.72 Å². The smallest absolute Gasteiger partial charge is 0.212 e. The van der Waals surface area contributed by atoms with Crippen LogP contribution in [0.1, 0.15) is 12.5 Å². The Labute approximate surface area is 99.5 Å². The van der Waals surface area contributed by atoms with Crippen LogP contribution >= 0.6 is 22.9 Å². The molecule has 0 saturated heterocycles. The first-order chi connectivity index (χ1) is 7.03. The Balaban J connectivity index is 2.43. The van der Waals surface area contributed by atoms with Crippen molar-refractivity contribution in [1.29, 1.82) is 0 Å². The molecule has 0 amide bonds. The third kappa shape index (κ3) is 4.97. The monoisotopic (exact) mass is 267 g/mol. The zero-order valence-electron chi connectivity index (χ0n) is 8.44. The van der Waals surface area contributed by atoms with E-state index in [4.69, 9.17) is 11.6 Å². The predicted octanol–water partition coefficient (Wildman–Crippen LogP) is 2.04. The van der Waals surface area contributed by atoms with Gasteiger partial charge in [-0.2, -0.15) is 11.3 Å². The minimum Gasteiger partial charge on any atom is -0.212 e. The van der Waals surface area contributed by atoms with Crippen molar-refractivity contribution in [2.24, 2.45) is 5.92 Å². The van der Waals surface area contributed by atoms with Crippen LogP contribution in [0.4, 0.5) is 0 Å². The molecule has 1 N–H and O–H groups in total. The molecule has 0 spiro atoms. The van der Waals surface area contributed by atoms with Crippen molar-refractivity contribution in [3.63, 3.8) is 0 Å². The second-order valence-corrected chi connectivity index (χ2v) is 6.43. The van der Waals surface area contributed by atoms with Gasteiger partial charge in [0.05, 0.1) is 5.75 Å². The van der Waals surface area contributed by atoms with Crippen molar-refractivity contribution in [3.8, 4) is 0 Å². The Morgan fingerprint density at radius 2 is 2.33 bits per heavy atom. The molecule has 0 aromatic carbocycles. The van der Waals surface area contributed by atoms with Crippen LogP contribution < -0.4 is 4.72 Å². The van der Waals surface area contributed by atoms with E-state index in [0.29, 0.717) is 12.4 Å². The molecule has 1 aromatic heterocycles. The van der Waals surface area contributed by atoms with Gasteiger partial charge in [-0.1, -0.05) is 6.92 Å². The van der Waals surface area contributed by atoms with Crippen LogP contribution in [0, 0.1) is 5.92 Å². The molecule has 1 aromatic rings. The normalized spacial score (nSPS) is 14.0. The molecule has 3 nitrogen and oxygen atoms in total. The minimum absolute atomic E-state index is 0.0216. The fraction of sp³-hybridized carbons (Fsp3) is 0.556. The fourth-order valence-electron chi connectivity index (χ4n) is 1.06. The summed E-state index contributed by atoms with van der Waals surface area (Å²) in [5.74, 6) is 0.423. The zero-order chi connectivity index (χ0) is 11.3. The van der Waals surface area contributed by atoms with Crippen molar-refractivity contribution in [2.45, 2.75) is 13.5 Å². The van der Waals surface area contributed by atoms with Gasteiger partial charge in [-0.15, -0.1) is 11.6 Å². The zero-order valence-corrected chi connectivity index (χ0v) is 10.8. The van der Waals surface area contributed by atoms with E-state index in [0.717, 1.165) is 5.56 Å². The molecule has 86 valence electrons. The Kier molecular flexibility index (Phi) is 5.05. The predicted molar refractivity (Wildman–Crippen MR) is 64.8 cm³/mol. The van der Waals surface area contributed by atoms with E-state index >= 15 is 0 Å². The quantitative estimate of drug-likeness (QED) is 0.802. The van der Waals surface area contributed by atoms with Crippen LogP contribution in [0.5, 0.6) is 0 Å². The molecule has 1 heterocycles. The number of rotatable bonds is 6. The Morgan fingerprint density at radius 1 is 1.60 bits per heavy atom. The molecule has 1 atom stereocenters. The van der Waals surface area contributed by atoms with Gasteiger partial charge in [0.25, 0.3) is 0 Å². The Hall–Kier alpha value is -0.100. The van der Waals surface area contributed by atoms with Crippen LogP contribution in [-0.2, 0) is 16.6 Å². The highest BCUT2D eigenvalue weighted by Gasteiger charge is 2.14. The van der Waals surface area contributed by atoms with Gasteiger partial charge in [0.1, 0.15) is 0 Å². The van der Waals surface area contributed by atoms with E-state index in [1.807, 2.05) is 23.8 Å². The summed E-state index contributed by atoms with van der Waals surface area (Å²) in [6.45, 7) is 2.18. The number of alkyl halides is 1. The molecule has 1 unspecified atom stereocenters. The van der Waals surface area contributed by atoms with Crippen LogP contribution in [0.15, 0.2) is 16.8 Å². The summed E-state index contributed by atoms with van der Waals surface area (Å²) in [6, 6.07) is 1.90. The first-order valence-corrected chi connectivity index (χ1v) is 7.71. The first-order valence-electron chi connectivity index (χ1n) is 4.58. The topological polar surface area (TPSA) is 46.2 Å². The second kappa shape index (κ2) is 5.84. The lowest BCUT2D eigenvalue weighted by atomic mass is 10.3. The number of nitrogens with one attached hydrogen (secondary N) is 1. The molecule has 0 saturated carbocycles. The highest BCUT2D eigenvalue weighted by Crippen LogP contribution is 2.07. The van der Waals surface area contributed by atoms with Gasteiger partial charge < -0.3 is 0 Å². The highest BCUT2D eigenvalue weighted by molar-refractivity contribution is 7.89. The van der Waals surface area contributed by atoms with Gasteiger partial charge >= 0.3 is 0 Å². The summed E-state index contributed by atoms with van der Waals surface area (Å²) in [4.78, 5) is 0. The molecule has 0 radical (unpaired) electrons. The largest absolute Gasteiger partial charge is 0.212 e. The second-order valence-electron chi connectivity index (χ2n) is 3.49. The van der Waals surface area contributed by atoms with Crippen molar-refractivity contribution in [1.82, 2.24) is 4.72 Å². The maximum atomic E-state index is 11.5. The number of thiophene rings is 1. The summed E-state index contributed by atoms with van der Waals surface area (Å²) in [5, 5.41) is 3.85. The average Bonchev–Trinajstić information content (AvgIpc) is 2.66.